The number of nitrogens with one attached hydrogen (secondary N) is 1. The summed E-state index contributed by atoms with van der Waals surface area (Å²) in [5.74, 6) is 0.0827. The first-order valence-electron chi connectivity index (χ1n) is 12.7. The van der Waals surface area contributed by atoms with E-state index in [4.69, 9.17) is 9.47 Å². The van der Waals surface area contributed by atoms with Crippen molar-refractivity contribution in [3.05, 3.63) is 45.3 Å². The molecule has 186 valence electrons. The Hall–Kier alpha value is -2.34. The second-order valence-corrected chi connectivity index (χ2v) is 10.7. The third-order valence-electron chi connectivity index (χ3n) is 6.16. The number of carbonyl (C=O) groups is 2. The van der Waals surface area contributed by atoms with Gasteiger partial charge < -0.3 is 14.8 Å². The lowest BCUT2D eigenvalue weighted by atomic mass is 9.97. The maximum atomic E-state index is 13.1. The maximum Gasteiger partial charge on any atom is 0.341 e. The maximum absolute atomic E-state index is 13.1. The van der Waals surface area contributed by atoms with E-state index in [0.29, 0.717) is 16.3 Å². The number of aryl methyl sites for hydroxylation is 3. The summed E-state index contributed by atoms with van der Waals surface area (Å²) in [5.41, 5.74) is 3.76. The quantitative estimate of drug-likeness (QED) is 0.441. The van der Waals surface area contributed by atoms with Crippen LogP contribution in [-0.2, 0) is 22.4 Å². The molecule has 0 saturated carbocycles. The topological polar surface area (TPSA) is 64.6 Å². The van der Waals surface area contributed by atoms with Gasteiger partial charge in [-0.2, -0.15) is 0 Å². The molecule has 0 spiro atoms. The number of carbonyl (C=O) groups excluding carboxylic acids is 2. The molecule has 1 aliphatic carbocycles. The minimum absolute atomic E-state index is 0.106. The molecule has 2 aromatic rings. The number of esters is 1. The molecular formula is C28H39NO4S. The average Bonchev–Trinajstić information content (AvgIpc) is 3.09. The monoisotopic (exact) mass is 485 g/mol. The van der Waals surface area contributed by atoms with Gasteiger partial charge in [-0.3, -0.25) is 4.79 Å². The van der Waals surface area contributed by atoms with Gasteiger partial charge in [0.15, 0.2) is 6.61 Å². The van der Waals surface area contributed by atoms with E-state index in [-0.39, 0.29) is 24.6 Å². The molecule has 1 aliphatic rings. The highest BCUT2D eigenvalue weighted by atomic mass is 32.1. The van der Waals surface area contributed by atoms with Crippen LogP contribution in [-0.4, -0.2) is 24.6 Å². The molecule has 0 bridgehead atoms. The van der Waals surface area contributed by atoms with E-state index in [1.165, 1.54) is 54.7 Å². The van der Waals surface area contributed by atoms with Crippen LogP contribution in [0.5, 0.6) is 5.75 Å². The second-order valence-electron chi connectivity index (χ2n) is 9.60. The average molecular weight is 486 g/mol. The van der Waals surface area contributed by atoms with Crippen molar-refractivity contribution in [2.24, 2.45) is 0 Å². The molecule has 0 fully saturated rings. The highest BCUT2D eigenvalue weighted by Gasteiger charge is 2.26. The number of anilines is 1. The largest absolute Gasteiger partial charge is 0.483 e. The van der Waals surface area contributed by atoms with Crippen molar-refractivity contribution in [3.63, 3.8) is 0 Å². The van der Waals surface area contributed by atoms with Crippen molar-refractivity contribution in [1.82, 2.24) is 0 Å². The second kappa shape index (κ2) is 12.9. The molecule has 1 amide bonds. The molecular weight excluding hydrogens is 446 g/mol. The van der Waals surface area contributed by atoms with Crippen LogP contribution in [0.4, 0.5) is 5.00 Å². The molecule has 1 N–H and O–H groups in total. The Kier molecular flexibility index (Phi) is 10.00. The van der Waals surface area contributed by atoms with Crippen LogP contribution >= 0.6 is 11.3 Å². The predicted molar refractivity (Wildman–Crippen MR) is 139 cm³/mol. The van der Waals surface area contributed by atoms with Crippen LogP contribution in [0.15, 0.2) is 18.2 Å². The molecule has 3 rings (SSSR count). The molecule has 0 radical (unpaired) electrons. The summed E-state index contributed by atoms with van der Waals surface area (Å²) in [6, 6.07) is 5.88. The van der Waals surface area contributed by atoms with E-state index in [0.717, 1.165) is 42.4 Å². The number of fused-ring (bicyclic) bond motifs is 1. The molecule has 5 nitrogen and oxygen atoms in total. The zero-order valence-electron chi connectivity index (χ0n) is 21.1. The minimum atomic E-state index is -0.342. The number of amides is 1. The van der Waals surface area contributed by atoms with Crippen molar-refractivity contribution >= 4 is 28.2 Å². The smallest absolute Gasteiger partial charge is 0.341 e. The fraction of sp³-hybridized carbons (Fsp3) is 0.571. The van der Waals surface area contributed by atoms with Crippen LogP contribution in [0.3, 0.4) is 0 Å². The highest BCUT2D eigenvalue weighted by Crippen LogP contribution is 2.37. The third kappa shape index (κ3) is 7.59. The van der Waals surface area contributed by atoms with Gasteiger partial charge in [-0.1, -0.05) is 56.2 Å². The van der Waals surface area contributed by atoms with Crippen molar-refractivity contribution in [2.75, 3.05) is 11.9 Å². The Balaban J connectivity index is 1.81. The van der Waals surface area contributed by atoms with Crippen LogP contribution in [0, 0.1) is 13.8 Å². The van der Waals surface area contributed by atoms with Gasteiger partial charge in [0.1, 0.15) is 10.8 Å². The van der Waals surface area contributed by atoms with E-state index in [9.17, 15) is 9.59 Å². The van der Waals surface area contributed by atoms with Crippen LogP contribution < -0.4 is 10.1 Å². The van der Waals surface area contributed by atoms with Gasteiger partial charge in [0, 0.05) is 4.88 Å². The zero-order chi connectivity index (χ0) is 24.5. The first-order valence-corrected chi connectivity index (χ1v) is 13.5. The molecule has 1 heterocycles. The summed E-state index contributed by atoms with van der Waals surface area (Å²) in [6.45, 7) is 7.59. The van der Waals surface area contributed by atoms with Crippen LogP contribution in [0.25, 0.3) is 0 Å². The first kappa shape index (κ1) is 26.3. The van der Waals surface area contributed by atoms with E-state index in [1.54, 1.807) is 0 Å². The first-order chi connectivity index (χ1) is 16.3. The lowest BCUT2D eigenvalue weighted by Gasteiger charge is -2.13. The molecule has 34 heavy (non-hydrogen) atoms. The van der Waals surface area contributed by atoms with Crippen molar-refractivity contribution in [2.45, 2.75) is 98.0 Å². The summed E-state index contributed by atoms with van der Waals surface area (Å²) in [4.78, 5) is 27.2. The number of rotatable bonds is 6. The van der Waals surface area contributed by atoms with Gasteiger partial charge in [0.25, 0.3) is 5.91 Å². The van der Waals surface area contributed by atoms with E-state index >= 15 is 0 Å². The number of hydrogen-bond acceptors (Lipinski definition) is 5. The lowest BCUT2D eigenvalue weighted by Crippen LogP contribution is -2.22. The summed E-state index contributed by atoms with van der Waals surface area (Å²) < 4.78 is 11.4. The minimum Gasteiger partial charge on any atom is -0.483 e. The van der Waals surface area contributed by atoms with Gasteiger partial charge in [-0.05, 0) is 70.6 Å². The third-order valence-corrected chi connectivity index (χ3v) is 7.37. The molecule has 0 unspecified atom stereocenters. The summed E-state index contributed by atoms with van der Waals surface area (Å²) >= 11 is 1.53. The van der Waals surface area contributed by atoms with Gasteiger partial charge >= 0.3 is 5.97 Å². The van der Waals surface area contributed by atoms with Crippen molar-refractivity contribution in [3.8, 4) is 5.75 Å². The van der Waals surface area contributed by atoms with Gasteiger partial charge in [-0.15, -0.1) is 11.3 Å². The van der Waals surface area contributed by atoms with Crippen LogP contribution in [0.1, 0.15) is 97.1 Å². The zero-order valence-corrected chi connectivity index (χ0v) is 21.9. The summed E-state index contributed by atoms with van der Waals surface area (Å²) in [7, 11) is 0. The lowest BCUT2D eigenvalue weighted by molar-refractivity contribution is -0.118. The van der Waals surface area contributed by atoms with Gasteiger partial charge in [0.2, 0.25) is 0 Å². The fourth-order valence-electron chi connectivity index (χ4n) is 4.47. The fourth-order valence-corrected chi connectivity index (χ4v) is 5.76. The Morgan fingerprint density at radius 1 is 0.971 bits per heavy atom. The normalized spacial score (nSPS) is 15.1. The molecule has 0 atom stereocenters. The standard InChI is InChI=1S/C28H39NO4S/c1-19(2)33-28(31)26-22-13-11-9-7-5-6-8-10-12-14-24(22)34-27(26)29-25(30)18-32-23-16-15-20(3)17-21(23)4/h15-17,19H,5-14,18H2,1-4H3,(H,29,30). The van der Waals surface area contributed by atoms with E-state index in [2.05, 4.69) is 5.32 Å². The number of benzene rings is 1. The number of ether oxygens (including phenoxy) is 2. The molecule has 6 heteroatoms. The number of hydrogen-bond donors (Lipinski definition) is 1. The van der Waals surface area contributed by atoms with E-state index < -0.39 is 0 Å². The predicted octanol–water partition coefficient (Wildman–Crippen LogP) is 7.17. The Morgan fingerprint density at radius 2 is 1.62 bits per heavy atom. The molecule has 1 aromatic heterocycles. The SMILES string of the molecule is Cc1ccc(OCC(=O)Nc2sc3c(c2C(=O)OC(C)C)CCCCCCCCCC3)c(C)c1. The summed E-state index contributed by atoms with van der Waals surface area (Å²) in [5, 5.41) is 3.57. The Bertz CT molecular complexity index is 979. The van der Waals surface area contributed by atoms with Gasteiger partial charge in [-0.25, -0.2) is 4.79 Å². The molecule has 0 saturated heterocycles. The molecule has 1 aromatic carbocycles. The molecule has 0 aliphatic heterocycles. The Morgan fingerprint density at radius 3 is 2.26 bits per heavy atom. The van der Waals surface area contributed by atoms with Crippen molar-refractivity contribution < 1.29 is 19.1 Å². The Labute approximate surface area is 208 Å². The van der Waals surface area contributed by atoms with Crippen molar-refractivity contribution in [1.29, 1.82) is 0 Å². The van der Waals surface area contributed by atoms with Gasteiger partial charge in [0.05, 0.1) is 11.7 Å². The highest BCUT2D eigenvalue weighted by molar-refractivity contribution is 7.17. The summed E-state index contributed by atoms with van der Waals surface area (Å²) in [6.07, 6.45) is 11.2. The van der Waals surface area contributed by atoms with Crippen LogP contribution in [0.2, 0.25) is 0 Å². The number of thiophene rings is 1. The van der Waals surface area contributed by atoms with E-state index in [1.807, 2.05) is 45.9 Å².